The van der Waals surface area contributed by atoms with Crippen LogP contribution >= 0.6 is 0 Å². The fourth-order valence-electron chi connectivity index (χ4n) is 0.0295. The van der Waals surface area contributed by atoms with Gasteiger partial charge < -0.3 is 6.42 Å². The highest BCUT2D eigenvalue weighted by molar-refractivity contribution is 5.50. The molecule has 1 nitrogen and oxygen atoms in total. The van der Waals surface area contributed by atoms with Crippen molar-refractivity contribution in [1.29, 1.82) is 0 Å². The molecule has 0 amide bonds. The summed E-state index contributed by atoms with van der Waals surface area (Å²) in [5.74, 6) is 3.06. The van der Waals surface area contributed by atoms with Gasteiger partial charge in [0.15, 0.2) is 0 Å². The van der Waals surface area contributed by atoms with E-state index in [1.165, 1.54) is 5.94 Å². The molecule has 0 atom stereocenters. The van der Waals surface area contributed by atoms with Crippen molar-refractivity contribution < 1.29 is 4.79 Å². The molecular weight excluding hydrogens is 64.0 g/mol. The predicted molar refractivity (Wildman–Crippen MR) is 17.4 cm³/mol. The second-order valence-corrected chi connectivity index (χ2v) is 0.407. The van der Waals surface area contributed by atoms with Crippen LogP contribution in [0.2, 0.25) is 0 Å². The maximum atomic E-state index is 9.04. The van der Waals surface area contributed by atoms with Crippen molar-refractivity contribution in [2.45, 2.75) is 0 Å². The summed E-state index contributed by atoms with van der Waals surface area (Å²) < 4.78 is 0. The van der Waals surface area contributed by atoms with Gasteiger partial charge >= 0.3 is 0 Å². The molecule has 0 aromatic rings. The Kier molecular flexibility index (Phi) is 2.41. The maximum Gasteiger partial charge on any atom is 0.0327 e. The van der Waals surface area contributed by atoms with Gasteiger partial charge in [0.2, 0.25) is 0 Å². The summed E-state index contributed by atoms with van der Waals surface area (Å²) >= 11 is 0. The third-order valence-corrected chi connectivity index (χ3v) is 0.131. The summed E-state index contributed by atoms with van der Waals surface area (Å²) in [6.45, 7) is 0. The van der Waals surface area contributed by atoms with Gasteiger partial charge in [-0.1, -0.05) is 6.08 Å². The van der Waals surface area contributed by atoms with Crippen LogP contribution in [0.1, 0.15) is 0 Å². The second-order valence-electron chi connectivity index (χ2n) is 0.407. The molecule has 1 heteroatoms. The third-order valence-electron chi connectivity index (χ3n) is 0.131. The average molecular weight is 65.1 g/mol. The second kappa shape index (κ2) is 3.01. The number of hydrogen-bond donors (Lipinski definition) is 0. The Morgan fingerprint density at radius 1 is 1.80 bits per heavy atom. The van der Waals surface area contributed by atoms with E-state index in [4.69, 9.17) is 11.2 Å². The summed E-state index contributed by atoms with van der Waals surface area (Å²) in [6.07, 6.45) is 6.90. The summed E-state index contributed by atoms with van der Waals surface area (Å²) in [7, 11) is 0. The van der Waals surface area contributed by atoms with Gasteiger partial charge in [-0.05, 0) is 0 Å². The van der Waals surface area contributed by atoms with E-state index in [1.54, 1.807) is 5.92 Å². The van der Waals surface area contributed by atoms with Gasteiger partial charge in [-0.2, -0.15) is 0 Å². The molecule has 5 heavy (non-hydrogen) atoms. The SMILES string of the molecule is [C-]#CC=C=O. The smallest absolute Gasteiger partial charge is 0.0327 e. The van der Waals surface area contributed by atoms with Gasteiger partial charge in [-0.25, -0.2) is 0 Å². The van der Waals surface area contributed by atoms with Gasteiger partial charge in [-0.15, -0.1) is 0 Å². The van der Waals surface area contributed by atoms with E-state index in [1.807, 2.05) is 0 Å². The van der Waals surface area contributed by atoms with E-state index >= 15 is 0 Å². The Balaban J connectivity index is 3.46. The van der Waals surface area contributed by atoms with Crippen LogP contribution in [-0.2, 0) is 4.79 Å². The number of allylic oxidation sites excluding steroid dienone is 1. The first-order valence-corrected chi connectivity index (χ1v) is 1.03. The first kappa shape index (κ1) is 4.01. The maximum absolute atomic E-state index is 9.04. The largest absolute Gasteiger partial charge is 0.366 e. The standard InChI is InChI=1S/C4HO/c1-2-3-4-5/h3H/q-1. The van der Waals surface area contributed by atoms with E-state index in [2.05, 4.69) is 0 Å². The van der Waals surface area contributed by atoms with Gasteiger partial charge in [0, 0.05) is 5.94 Å². The van der Waals surface area contributed by atoms with Crippen molar-refractivity contribution >= 4 is 5.94 Å². The highest BCUT2D eigenvalue weighted by Crippen LogP contribution is 1.40. The van der Waals surface area contributed by atoms with E-state index in [9.17, 15) is 0 Å². The Hall–Kier alpha value is -0.990. The molecule has 0 bridgehead atoms. The summed E-state index contributed by atoms with van der Waals surface area (Å²) in [5, 5.41) is 0. The minimum Gasteiger partial charge on any atom is -0.366 e. The van der Waals surface area contributed by atoms with Crippen LogP contribution < -0.4 is 0 Å². The van der Waals surface area contributed by atoms with Crippen LogP contribution in [0.4, 0.5) is 0 Å². The first-order chi connectivity index (χ1) is 2.41. The normalized spacial score (nSPS) is 3.80. The zero-order chi connectivity index (χ0) is 4.12. The molecule has 0 N–H and O–H groups in total. The summed E-state index contributed by atoms with van der Waals surface area (Å²) in [6, 6.07) is 0. The van der Waals surface area contributed by atoms with Crippen LogP contribution in [0.15, 0.2) is 6.08 Å². The summed E-state index contributed by atoms with van der Waals surface area (Å²) in [4.78, 5) is 9.04. The molecule has 0 aromatic heterocycles. The lowest BCUT2D eigenvalue weighted by molar-refractivity contribution is 0.569. The fourth-order valence-corrected chi connectivity index (χ4v) is 0.0295. The van der Waals surface area contributed by atoms with Gasteiger partial charge in [0.05, 0.1) is 0 Å². The molecule has 0 radical (unpaired) electrons. The van der Waals surface area contributed by atoms with Crippen LogP contribution in [0.3, 0.4) is 0 Å². The van der Waals surface area contributed by atoms with Gasteiger partial charge in [-0.3, -0.25) is 10.7 Å². The Morgan fingerprint density at radius 2 is 2.40 bits per heavy atom. The molecule has 0 aromatic carbocycles. The van der Waals surface area contributed by atoms with E-state index in [0.29, 0.717) is 0 Å². The molecule has 0 aliphatic rings. The van der Waals surface area contributed by atoms with Gasteiger partial charge in [0.25, 0.3) is 0 Å². The topological polar surface area (TPSA) is 17.1 Å². The number of carbonyl (C=O) groups excluding carboxylic acids is 1. The molecule has 0 rings (SSSR count). The van der Waals surface area contributed by atoms with E-state index in [0.717, 1.165) is 6.08 Å². The van der Waals surface area contributed by atoms with Crippen LogP contribution in [0.25, 0.3) is 0 Å². The Morgan fingerprint density at radius 3 is 2.40 bits per heavy atom. The lowest BCUT2D eigenvalue weighted by Gasteiger charge is -1.54. The molecule has 0 spiro atoms. The Bertz CT molecular complexity index is 90.7. The molecule has 0 fully saturated rings. The highest BCUT2D eigenvalue weighted by atomic mass is 16.1. The van der Waals surface area contributed by atoms with E-state index in [-0.39, 0.29) is 0 Å². The van der Waals surface area contributed by atoms with Crippen LogP contribution in [-0.4, -0.2) is 5.94 Å². The quantitative estimate of drug-likeness (QED) is 0.220. The Labute approximate surface area is 30.3 Å². The molecule has 0 saturated carbocycles. The highest BCUT2D eigenvalue weighted by Gasteiger charge is 1.25. The van der Waals surface area contributed by atoms with Crippen molar-refractivity contribution in [2.75, 3.05) is 0 Å². The van der Waals surface area contributed by atoms with Crippen molar-refractivity contribution in [3.63, 3.8) is 0 Å². The summed E-state index contributed by atoms with van der Waals surface area (Å²) in [5.41, 5.74) is 0. The zero-order valence-corrected chi connectivity index (χ0v) is 2.49. The number of rotatable bonds is 0. The fraction of sp³-hybridized carbons (Fsp3) is 0. The lowest BCUT2D eigenvalue weighted by Crippen LogP contribution is -1.39. The molecule has 0 unspecified atom stereocenters. The lowest BCUT2D eigenvalue weighted by atomic mass is 10.7. The van der Waals surface area contributed by atoms with Crippen molar-refractivity contribution in [1.82, 2.24) is 0 Å². The van der Waals surface area contributed by atoms with Crippen molar-refractivity contribution in [2.24, 2.45) is 0 Å². The van der Waals surface area contributed by atoms with Crippen molar-refractivity contribution in [3.8, 4) is 5.92 Å². The molecule has 0 saturated heterocycles. The molecular formula is C4HO-. The first-order valence-electron chi connectivity index (χ1n) is 1.03. The van der Waals surface area contributed by atoms with Crippen LogP contribution in [0.5, 0.6) is 0 Å². The average Bonchev–Trinajstić information content (AvgIpc) is 1.41. The molecule has 0 aliphatic heterocycles. The minimum atomic E-state index is 0.861. The van der Waals surface area contributed by atoms with Crippen molar-refractivity contribution in [3.05, 3.63) is 12.5 Å². The predicted octanol–water partition coefficient (Wildman–Crippen LogP) is -0.0360. The molecule has 0 aliphatic carbocycles. The third kappa shape index (κ3) is 3.01. The van der Waals surface area contributed by atoms with E-state index < -0.39 is 0 Å². The molecule has 0 heterocycles. The molecule has 24 valence electrons. The van der Waals surface area contributed by atoms with Crippen LogP contribution in [0, 0.1) is 12.3 Å². The van der Waals surface area contributed by atoms with Gasteiger partial charge in [0.1, 0.15) is 0 Å². The zero-order valence-electron chi connectivity index (χ0n) is 2.49. The minimum absolute atomic E-state index is 0.861. The monoisotopic (exact) mass is 65.0 g/mol. The number of hydrogen-bond acceptors (Lipinski definition) is 1.